The summed E-state index contributed by atoms with van der Waals surface area (Å²) in [4.78, 5) is 0. The molecule has 1 aromatic carbocycles. The van der Waals surface area contributed by atoms with Gasteiger partial charge in [-0.3, -0.25) is 0 Å². The molecule has 1 atom stereocenters. The fourth-order valence-electron chi connectivity index (χ4n) is 1.29. The van der Waals surface area contributed by atoms with Crippen molar-refractivity contribution in [2.45, 2.75) is 32.3 Å². The number of benzene rings is 1. The van der Waals surface area contributed by atoms with Gasteiger partial charge in [0.1, 0.15) is 0 Å². The molecule has 0 radical (unpaired) electrons. The lowest BCUT2D eigenvalue weighted by Gasteiger charge is -2.07. The molecule has 84 valence electrons. The van der Waals surface area contributed by atoms with Gasteiger partial charge in [0.25, 0.3) is 0 Å². The third kappa shape index (κ3) is 4.79. The van der Waals surface area contributed by atoms with Crippen molar-refractivity contribution >= 4 is 0 Å². The van der Waals surface area contributed by atoms with E-state index in [4.69, 9.17) is 9.84 Å². The van der Waals surface area contributed by atoms with E-state index in [2.05, 4.69) is 0 Å². The number of ether oxygens (including phenoxy) is 1. The predicted molar refractivity (Wildman–Crippen MR) is 57.4 cm³/mol. The Morgan fingerprint density at radius 1 is 1.33 bits per heavy atom. The normalized spacial score (nSPS) is 12.5. The minimum atomic E-state index is -0.326. The van der Waals surface area contributed by atoms with Gasteiger partial charge in [-0.1, -0.05) is 12.1 Å². The smallest absolute Gasteiger partial charge is 0.165 e. The van der Waals surface area contributed by atoms with Gasteiger partial charge in [-0.15, -0.1) is 0 Å². The zero-order chi connectivity index (χ0) is 11.1. The maximum atomic E-state index is 13.1. The molecule has 1 N–H and O–H groups in total. The first-order valence-electron chi connectivity index (χ1n) is 5.25. The molecule has 15 heavy (non-hydrogen) atoms. The van der Waals surface area contributed by atoms with Gasteiger partial charge in [0.15, 0.2) is 11.6 Å². The summed E-state index contributed by atoms with van der Waals surface area (Å²) in [7, 11) is 0. The number of para-hydroxylation sites is 1. The first-order valence-corrected chi connectivity index (χ1v) is 5.25. The summed E-state index contributed by atoms with van der Waals surface area (Å²) >= 11 is 0. The van der Waals surface area contributed by atoms with Crippen molar-refractivity contribution in [1.82, 2.24) is 0 Å². The maximum Gasteiger partial charge on any atom is 0.165 e. The number of aliphatic hydroxyl groups is 1. The van der Waals surface area contributed by atoms with Crippen molar-refractivity contribution in [3.05, 3.63) is 30.1 Å². The van der Waals surface area contributed by atoms with Crippen LogP contribution in [0.3, 0.4) is 0 Å². The van der Waals surface area contributed by atoms with E-state index in [9.17, 15) is 4.39 Å². The number of hydrogen-bond donors (Lipinski definition) is 1. The summed E-state index contributed by atoms with van der Waals surface area (Å²) in [5.41, 5.74) is 0. The Balaban J connectivity index is 2.18. The maximum absolute atomic E-state index is 13.1. The standard InChI is InChI=1S/C12H17FO2/c1-10(14)6-4-5-9-15-12-8-3-2-7-11(12)13/h2-3,7-8,10,14H,4-6,9H2,1H3. The van der Waals surface area contributed by atoms with E-state index >= 15 is 0 Å². The van der Waals surface area contributed by atoms with Gasteiger partial charge in [-0.05, 0) is 38.3 Å². The quantitative estimate of drug-likeness (QED) is 0.735. The van der Waals surface area contributed by atoms with Gasteiger partial charge in [-0.25, -0.2) is 4.39 Å². The van der Waals surface area contributed by atoms with Crippen LogP contribution in [0.2, 0.25) is 0 Å². The fraction of sp³-hybridized carbons (Fsp3) is 0.500. The minimum Gasteiger partial charge on any atom is -0.491 e. The third-order valence-corrected chi connectivity index (χ3v) is 2.11. The molecular weight excluding hydrogens is 195 g/mol. The Hall–Kier alpha value is -1.09. The average Bonchev–Trinajstić information content (AvgIpc) is 2.20. The Morgan fingerprint density at radius 2 is 2.07 bits per heavy atom. The third-order valence-electron chi connectivity index (χ3n) is 2.11. The number of aliphatic hydroxyl groups excluding tert-OH is 1. The molecule has 0 fully saturated rings. The van der Waals surface area contributed by atoms with Crippen LogP contribution in [0.4, 0.5) is 4.39 Å². The molecule has 0 amide bonds. The number of unbranched alkanes of at least 4 members (excludes halogenated alkanes) is 1. The minimum absolute atomic E-state index is 0.265. The first-order chi connectivity index (χ1) is 7.20. The van der Waals surface area contributed by atoms with Crippen LogP contribution in [0.25, 0.3) is 0 Å². The van der Waals surface area contributed by atoms with Gasteiger partial charge >= 0.3 is 0 Å². The Bertz CT molecular complexity index is 287. The molecule has 0 aliphatic heterocycles. The molecule has 2 nitrogen and oxygen atoms in total. The van der Waals surface area contributed by atoms with Crippen molar-refractivity contribution < 1.29 is 14.2 Å². The van der Waals surface area contributed by atoms with Crippen molar-refractivity contribution in [2.75, 3.05) is 6.61 Å². The molecule has 0 saturated carbocycles. The molecule has 1 unspecified atom stereocenters. The summed E-state index contributed by atoms with van der Waals surface area (Å²) in [6.07, 6.45) is 2.23. The second kappa shape index (κ2) is 6.40. The molecule has 0 aliphatic carbocycles. The molecule has 0 spiro atoms. The van der Waals surface area contributed by atoms with Gasteiger partial charge < -0.3 is 9.84 Å². The highest BCUT2D eigenvalue weighted by atomic mass is 19.1. The van der Waals surface area contributed by atoms with E-state index in [-0.39, 0.29) is 11.9 Å². The molecular formula is C12H17FO2. The predicted octanol–water partition coefficient (Wildman–Crippen LogP) is 2.76. The average molecular weight is 212 g/mol. The Morgan fingerprint density at radius 3 is 2.73 bits per heavy atom. The monoisotopic (exact) mass is 212 g/mol. The van der Waals surface area contributed by atoms with E-state index in [1.807, 2.05) is 0 Å². The summed E-state index contributed by atoms with van der Waals surface area (Å²) in [6, 6.07) is 6.37. The van der Waals surface area contributed by atoms with E-state index in [0.29, 0.717) is 12.4 Å². The largest absolute Gasteiger partial charge is 0.491 e. The van der Waals surface area contributed by atoms with Crippen LogP contribution in [0, 0.1) is 5.82 Å². The zero-order valence-corrected chi connectivity index (χ0v) is 8.95. The number of rotatable bonds is 6. The van der Waals surface area contributed by atoms with Crippen LogP contribution in [0.5, 0.6) is 5.75 Å². The van der Waals surface area contributed by atoms with Crippen LogP contribution in [-0.4, -0.2) is 17.8 Å². The van der Waals surface area contributed by atoms with Crippen molar-refractivity contribution in [2.24, 2.45) is 0 Å². The molecule has 0 aliphatic rings. The molecule has 0 saturated heterocycles. The van der Waals surface area contributed by atoms with E-state index in [1.54, 1.807) is 25.1 Å². The van der Waals surface area contributed by atoms with E-state index < -0.39 is 0 Å². The van der Waals surface area contributed by atoms with Gasteiger partial charge in [0.2, 0.25) is 0 Å². The van der Waals surface area contributed by atoms with Crippen molar-refractivity contribution in [3.63, 3.8) is 0 Å². The van der Waals surface area contributed by atoms with Crippen LogP contribution >= 0.6 is 0 Å². The molecule has 0 heterocycles. The molecule has 3 heteroatoms. The second-order valence-electron chi connectivity index (χ2n) is 3.62. The fourth-order valence-corrected chi connectivity index (χ4v) is 1.29. The lowest BCUT2D eigenvalue weighted by Crippen LogP contribution is -2.03. The lowest BCUT2D eigenvalue weighted by atomic mass is 10.2. The highest BCUT2D eigenvalue weighted by molar-refractivity contribution is 5.23. The summed E-state index contributed by atoms with van der Waals surface area (Å²) in [5, 5.41) is 9.01. The van der Waals surface area contributed by atoms with Gasteiger partial charge in [0, 0.05) is 0 Å². The van der Waals surface area contributed by atoms with Crippen LogP contribution < -0.4 is 4.74 Å². The molecule has 1 rings (SSSR count). The van der Waals surface area contributed by atoms with Gasteiger partial charge in [-0.2, -0.15) is 0 Å². The number of hydrogen-bond acceptors (Lipinski definition) is 2. The van der Waals surface area contributed by atoms with Crippen molar-refractivity contribution in [3.8, 4) is 5.75 Å². The summed E-state index contributed by atoms with van der Waals surface area (Å²) in [5.74, 6) is -0.0254. The second-order valence-corrected chi connectivity index (χ2v) is 3.62. The highest BCUT2D eigenvalue weighted by Crippen LogP contribution is 2.15. The molecule has 0 bridgehead atoms. The topological polar surface area (TPSA) is 29.5 Å². The van der Waals surface area contributed by atoms with Crippen LogP contribution in [-0.2, 0) is 0 Å². The summed E-state index contributed by atoms with van der Waals surface area (Å²) < 4.78 is 18.3. The Labute approximate surface area is 89.7 Å². The van der Waals surface area contributed by atoms with Gasteiger partial charge in [0.05, 0.1) is 12.7 Å². The summed E-state index contributed by atoms with van der Waals surface area (Å²) in [6.45, 7) is 2.26. The lowest BCUT2D eigenvalue weighted by molar-refractivity contribution is 0.176. The number of halogens is 1. The van der Waals surface area contributed by atoms with Crippen LogP contribution in [0.1, 0.15) is 26.2 Å². The first kappa shape index (κ1) is 12.0. The van der Waals surface area contributed by atoms with Crippen molar-refractivity contribution in [1.29, 1.82) is 0 Å². The zero-order valence-electron chi connectivity index (χ0n) is 8.95. The van der Waals surface area contributed by atoms with E-state index in [1.165, 1.54) is 6.07 Å². The highest BCUT2D eigenvalue weighted by Gasteiger charge is 2.01. The SMILES string of the molecule is CC(O)CCCCOc1ccccc1F. The molecule has 0 aromatic heterocycles. The van der Waals surface area contributed by atoms with E-state index in [0.717, 1.165) is 19.3 Å². The molecule has 1 aromatic rings. The Kier molecular flexibility index (Phi) is 5.12. The van der Waals surface area contributed by atoms with Crippen LogP contribution in [0.15, 0.2) is 24.3 Å².